The molecule has 3 N–H and O–H groups in total. The van der Waals surface area contributed by atoms with Gasteiger partial charge in [-0.1, -0.05) is 13.8 Å². The highest BCUT2D eigenvalue weighted by Crippen LogP contribution is 2.15. The van der Waals surface area contributed by atoms with Gasteiger partial charge in [0.2, 0.25) is 0 Å². The van der Waals surface area contributed by atoms with Crippen molar-refractivity contribution in [1.29, 1.82) is 0 Å². The third-order valence-electron chi connectivity index (χ3n) is 4.03. The van der Waals surface area contributed by atoms with Crippen LogP contribution in [0.3, 0.4) is 0 Å². The Balaban J connectivity index is 0.00000529. The first kappa shape index (κ1) is 23.9. The average Bonchev–Trinajstić information content (AvgIpc) is 2.49. The van der Waals surface area contributed by atoms with Crippen LogP contribution in [0.2, 0.25) is 0 Å². The van der Waals surface area contributed by atoms with Crippen LogP contribution in [0.1, 0.15) is 33.6 Å². The summed E-state index contributed by atoms with van der Waals surface area (Å²) in [5.41, 5.74) is 0. The minimum absolute atomic E-state index is 0. The summed E-state index contributed by atoms with van der Waals surface area (Å²) in [6.07, 6.45) is 2.12. The average molecular weight is 456 g/mol. The van der Waals surface area contributed by atoms with Gasteiger partial charge in [-0.05, 0) is 38.6 Å². The molecule has 144 valence electrons. The van der Waals surface area contributed by atoms with Gasteiger partial charge in [-0.2, -0.15) is 0 Å². The Labute approximate surface area is 164 Å². The van der Waals surface area contributed by atoms with E-state index in [0.29, 0.717) is 11.8 Å². The lowest BCUT2D eigenvalue weighted by molar-refractivity contribution is -0.0161. The molecule has 0 aliphatic carbocycles. The summed E-state index contributed by atoms with van der Waals surface area (Å²) in [5.74, 6) is 1.91. The predicted octanol–water partition coefficient (Wildman–Crippen LogP) is 1.53. The zero-order chi connectivity index (χ0) is 17.1. The third kappa shape index (κ3) is 10.7. The van der Waals surface area contributed by atoms with Crippen molar-refractivity contribution in [3.8, 4) is 0 Å². The van der Waals surface area contributed by atoms with Crippen LogP contribution in [0.5, 0.6) is 0 Å². The number of nitrogens with one attached hydrogen (secondary N) is 2. The Morgan fingerprint density at radius 3 is 2.71 bits per heavy atom. The van der Waals surface area contributed by atoms with E-state index in [-0.39, 0.29) is 36.7 Å². The van der Waals surface area contributed by atoms with E-state index in [1.54, 1.807) is 0 Å². The van der Waals surface area contributed by atoms with E-state index in [9.17, 15) is 5.11 Å². The number of hydrogen-bond acceptors (Lipinski definition) is 4. The predicted molar refractivity (Wildman–Crippen MR) is 111 cm³/mol. The Bertz CT molecular complexity index is 343. The van der Waals surface area contributed by atoms with Gasteiger partial charge < -0.3 is 25.4 Å². The van der Waals surface area contributed by atoms with Crippen molar-refractivity contribution < 1.29 is 9.84 Å². The van der Waals surface area contributed by atoms with E-state index in [0.717, 1.165) is 58.1 Å². The van der Waals surface area contributed by atoms with E-state index >= 15 is 0 Å². The van der Waals surface area contributed by atoms with Crippen LogP contribution in [0.15, 0.2) is 4.99 Å². The van der Waals surface area contributed by atoms with E-state index in [4.69, 9.17) is 9.73 Å². The summed E-state index contributed by atoms with van der Waals surface area (Å²) >= 11 is 0. The van der Waals surface area contributed by atoms with Gasteiger partial charge in [0.25, 0.3) is 0 Å². The normalized spacial score (nSPS) is 20.6. The zero-order valence-corrected chi connectivity index (χ0v) is 18.1. The van der Waals surface area contributed by atoms with Gasteiger partial charge in [0.1, 0.15) is 0 Å². The first-order valence-corrected chi connectivity index (χ1v) is 8.98. The number of aliphatic imine (C=N–C) groups is 1. The number of rotatable bonds is 9. The van der Waals surface area contributed by atoms with Gasteiger partial charge in [0, 0.05) is 39.3 Å². The molecule has 0 aromatic rings. The minimum atomic E-state index is 0. The van der Waals surface area contributed by atoms with Crippen LogP contribution in [-0.4, -0.2) is 75.1 Å². The number of ether oxygens (including phenoxy) is 1. The lowest BCUT2D eigenvalue weighted by Gasteiger charge is -2.30. The van der Waals surface area contributed by atoms with Crippen LogP contribution in [0.25, 0.3) is 0 Å². The largest absolute Gasteiger partial charge is 0.396 e. The number of morpholine rings is 1. The maximum Gasteiger partial charge on any atom is 0.191 e. The van der Waals surface area contributed by atoms with Gasteiger partial charge >= 0.3 is 0 Å². The first-order valence-electron chi connectivity index (χ1n) is 8.98. The van der Waals surface area contributed by atoms with Crippen LogP contribution in [-0.2, 0) is 4.74 Å². The summed E-state index contributed by atoms with van der Waals surface area (Å²) in [4.78, 5) is 6.99. The van der Waals surface area contributed by atoms with Crippen molar-refractivity contribution in [3.05, 3.63) is 0 Å². The molecule has 1 saturated heterocycles. The molecular formula is C17H37IN4O2. The number of likely N-dealkylation sites (N-methyl/N-ethyl adjacent to an activating group) is 1. The van der Waals surface area contributed by atoms with Gasteiger partial charge in [0.15, 0.2) is 5.96 Å². The molecular weight excluding hydrogens is 419 g/mol. The number of nitrogens with zero attached hydrogens (tertiary/aromatic N) is 2. The molecule has 24 heavy (non-hydrogen) atoms. The molecule has 0 radical (unpaired) electrons. The molecule has 0 spiro atoms. The highest BCUT2D eigenvalue weighted by Gasteiger charge is 2.18. The number of guanidine groups is 1. The maximum atomic E-state index is 9.22. The number of hydrogen-bond donors (Lipinski definition) is 3. The Morgan fingerprint density at radius 1 is 1.38 bits per heavy atom. The van der Waals surface area contributed by atoms with E-state index < -0.39 is 0 Å². The van der Waals surface area contributed by atoms with Crippen molar-refractivity contribution in [2.45, 2.75) is 39.7 Å². The SMILES string of the molecule is CCNC(=NCC(CCO)CC(C)C)NCC1CN(C)CCO1.I. The van der Waals surface area contributed by atoms with E-state index in [1.807, 2.05) is 0 Å². The molecule has 0 saturated carbocycles. The van der Waals surface area contributed by atoms with E-state index in [1.165, 1.54) is 0 Å². The molecule has 2 atom stereocenters. The summed E-state index contributed by atoms with van der Waals surface area (Å²) < 4.78 is 5.77. The molecule has 0 amide bonds. The van der Waals surface area contributed by atoms with E-state index in [2.05, 4.69) is 43.4 Å². The van der Waals surface area contributed by atoms with Crippen LogP contribution < -0.4 is 10.6 Å². The molecule has 0 aromatic carbocycles. The molecule has 7 heteroatoms. The van der Waals surface area contributed by atoms with Crippen molar-refractivity contribution in [2.24, 2.45) is 16.8 Å². The Morgan fingerprint density at radius 2 is 2.12 bits per heavy atom. The maximum absolute atomic E-state index is 9.22. The highest BCUT2D eigenvalue weighted by atomic mass is 127. The zero-order valence-electron chi connectivity index (χ0n) is 15.8. The molecule has 2 unspecified atom stereocenters. The summed E-state index contributed by atoms with van der Waals surface area (Å²) in [7, 11) is 2.13. The molecule has 1 fully saturated rings. The van der Waals surface area contributed by atoms with Gasteiger partial charge in [-0.25, -0.2) is 0 Å². The van der Waals surface area contributed by atoms with Crippen LogP contribution >= 0.6 is 24.0 Å². The van der Waals surface area contributed by atoms with Crippen molar-refractivity contribution >= 4 is 29.9 Å². The first-order chi connectivity index (χ1) is 11.0. The molecule has 0 aromatic heterocycles. The van der Waals surface area contributed by atoms with Crippen molar-refractivity contribution in [2.75, 3.05) is 53.0 Å². The summed E-state index contributed by atoms with van der Waals surface area (Å²) in [5, 5.41) is 15.9. The topological polar surface area (TPSA) is 69.1 Å². The molecule has 1 aliphatic heterocycles. The molecule has 1 rings (SSSR count). The number of aliphatic hydroxyl groups is 1. The Kier molecular flexibility index (Phi) is 14.0. The summed E-state index contributed by atoms with van der Waals surface area (Å²) in [6, 6.07) is 0. The molecule has 1 heterocycles. The van der Waals surface area contributed by atoms with Crippen LogP contribution in [0.4, 0.5) is 0 Å². The quantitative estimate of drug-likeness (QED) is 0.279. The fourth-order valence-electron chi connectivity index (χ4n) is 2.90. The highest BCUT2D eigenvalue weighted by molar-refractivity contribution is 14.0. The van der Waals surface area contributed by atoms with Crippen molar-refractivity contribution in [1.82, 2.24) is 15.5 Å². The van der Waals surface area contributed by atoms with Gasteiger partial charge in [0.05, 0.1) is 12.7 Å². The third-order valence-corrected chi connectivity index (χ3v) is 4.03. The second kappa shape index (κ2) is 14.1. The molecule has 0 bridgehead atoms. The fraction of sp³-hybridized carbons (Fsp3) is 0.941. The van der Waals surface area contributed by atoms with Crippen LogP contribution in [0, 0.1) is 11.8 Å². The molecule has 1 aliphatic rings. The second-order valence-electron chi connectivity index (χ2n) is 6.86. The minimum Gasteiger partial charge on any atom is -0.396 e. The Hall–Kier alpha value is -0.120. The lowest BCUT2D eigenvalue weighted by atomic mass is 9.94. The standard InChI is InChI=1S/C17H36N4O2.HI/c1-5-18-17(19-11-15(6-8-22)10-14(2)3)20-12-16-13-21(4)7-9-23-16;/h14-16,22H,5-13H2,1-4H3,(H2,18,19,20);1H. The van der Waals surface area contributed by atoms with Gasteiger partial charge in [-0.3, -0.25) is 4.99 Å². The monoisotopic (exact) mass is 456 g/mol. The summed E-state index contributed by atoms with van der Waals surface area (Å²) in [6.45, 7) is 11.8. The number of halogens is 1. The fourth-order valence-corrected chi connectivity index (χ4v) is 2.90. The number of aliphatic hydroxyl groups excluding tert-OH is 1. The smallest absolute Gasteiger partial charge is 0.191 e. The molecule has 6 nitrogen and oxygen atoms in total. The lowest BCUT2D eigenvalue weighted by Crippen LogP contribution is -2.48. The van der Waals surface area contributed by atoms with Crippen molar-refractivity contribution in [3.63, 3.8) is 0 Å². The van der Waals surface area contributed by atoms with Gasteiger partial charge in [-0.15, -0.1) is 24.0 Å². The second-order valence-corrected chi connectivity index (χ2v) is 6.86.